The topological polar surface area (TPSA) is 188 Å². The summed E-state index contributed by atoms with van der Waals surface area (Å²) in [5, 5.41) is 16.3. The molecule has 57 heavy (non-hydrogen) atoms. The van der Waals surface area contributed by atoms with Crippen LogP contribution >= 0.6 is 0 Å². The lowest BCUT2D eigenvalue weighted by molar-refractivity contribution is -0.302. The number of Topliss-reactive ketones (excluding diaryl/α,β-unsaturated/α-hetero) is 1. The number of fused-ring (bicyclic) bond motifs is 5. The Labute approximate surface area is 334 Å². The summed E-state index contributed by atoms with van der Waals surface area (Å²) in [5.74, 6) is -4.15. The number of hydrogen-bond acceptors (Lipinski definition) is 14. The van der Waals surface area contributed by atoms with Crippen molar-refractivity contribution in [2.24, 2.45) is 34.7 Å². The zero-order chi connectivity index (χ0) is 41.6. The number of aliphatic hydroxyl groups is 1. The number of aromatic amines is 1. The summed E-state index contributed by atoms with van der Waals surface area (Å²) in [7, 11) is 3.80. The van der Waals surface area contributed by atoms with Crippen LogP contribution in [0.25, 0.3) is 0 Å². The molecule has 5 aliphatic rings. The van der Waals surface area contributed by atoms with Gasteiger partial charge < -0.3 is 48.2 Å². The van der Waals surface area contributed by atoms with Gasteiger partial charge in [0.2, 0.25) is 5.56 Å². The minimum Gasteiger partial charge on any atom is -0.458 e. The lowest BCUT2D eigenvalue weighted by atomic mass is 9.73. The van der Waals surface area contributed by atoms with Crippen molar-refractivity contribution in [2.75, 3.05) is 33.9 Å². The first kappa shape index (κ1) is 43.2. The SMILES string of the molecule is CC[C@H]1OC(=O)[C@H](C)[C@H]2OCC3COC(C)(C[C@@H](C)C(=O)[C@H](C)[C@@H]4N(C/C3=N/OCc3cccc(=O)[nH]3)C(=O)OC41C)[C@H](O[C@@H]1O[C@H](C)C[C@H](N(C)C)[C@H]1O)[C@H]2C. The van der Waals surface area contributed by atoms with Crippen molar-refractivity contribution < 1.29 is 52.7 Å². The lowest BCUT2D eigenvalue weighted by Crippen LogP contribution is -2.61. The fourth-order valence-electron chi connectivity index (χ4n) is 9.95. The molecule has 16 heteroatoms. The Balaban J connectivity index is 1.53. The van der Waals surface area contributed by atoms with E-state index in [2.05, 4.69) is 10.1 Å². The van der Waals surface area contributed by atoms with Crippen LogP contribution in [-0.2, 0) is 49.5 Å². The van der Waals surface area contributed by atoms with Gasteiger partial charge in [-0.1, -0.05) is 38.9 Å². The second-order valence-corrected chi connectivity index (χ2v) is 17.5. The molecule has 318 valence electrons. The molecule has 5 fully saturated rings. The van der Waals surface area contributed by atoms with E-state index in [9.17, 15) is 24.3 Å². The summed E-state index contributed by atoms with van der Waals surface area (Å²) < 4.78 is 39.5. The molecule has 5 aliphatic heterocycles. The van der Waals surface area contributed by atoms with Gasteiger partial charge >= 0.3 is 12.1 Å². The zero-order valence-corrected chi connectivity index (χ0v) is 35.0. The van der Waals surface area contributed by atoms with Gasteiger partial charge in [0, 0.05) is 35.8 Å². The smallest absolute Gasteiger partial charge is 0.411 e. The Morgan fingerprint density at radius 3 is 2.47 bits per heavy atom. The molecule has 15 atom stereocenters. The van der Waals surface area contributed by atoms with E-state index in [1.807, 2.05) is 53.6 Å². The van der Waals surface area contributed by atoms with Crippen LogP contribution in [0.2, 0.25) is 0 Å². The molecule has 1 aromatic rings. The molecule has 1 amide bonds. The standard InChI is InChI=1S/C41H62N4O12/c1-11-30-41(8)35-23(4)32(47)21(2)16-40(7)36(56-38-33(48)29(44(9)10)15-22(3)54-38)24(5)34(25(6)37(49)55-30)51-18-26(19-52-40)28(17-45(35)39(50)57-41)43-53-20-27-13-12-14-31(46)42-27/h12-14,21-26,29-30,33-36,38,48H,11,15-20H2,1-10H3,(H,42,46)/b43-28-/t21-,22-,23+,24+,25-,26?,29+,30-,33-,34+,35+,36-,38+,40?,41?/m1/s1. The first-order valence-electron chi connectivity index (χ1n) is 20.4. The molecule has 3 unspecified atom stereocenters. The quantitative estimate of drug-likeness (QED) is 0.303. The van der Waals surface area contributed by atoms with Crippen LogP contribution in [-0.4, -0.2) is 137 Å². The van der Waals surface area contributed by atoms with Crippen LogP contribution in [0.15, 0.2) is 28.1 Å². The molecule has 0 aliphatic carbocycles. The Hall–Kier alpha value is -3.41. The second-order valence-electron chi connectivity index (χ2n) is 17.5. The number of nitrogens with zero attached hydrogens (tertiary/aromatic N) is 3. The highest BCUT2D eigenvalue weighted by atomic mass is 16.7. The number of ketones is 1. The molecule has 6 heterocycles. The van der Waals surface area contributed by atoms with E-state index < -0.39 is 89.6 Å². The maximum absolute atomic E-state index is 14.8. The van der Waals surface area contributed by atoms with Gasteiger partial charge in [-0.3, -0.25) is 19.3 Å². The maximum Gasteiger partial charge on any atom is 0.411 e. The van der Waals surface area contributed by atoms with Crippen molar-refractivity contribution in [2.45, 2.75) is 141 Å². The molecule has 5 saturated heterocycles. The van der Waals surface area contributed by atoms with Gasteiger partial charge in [0.1, 0.15) is 18.0 Å². The summed E-state index contributed by atoms with van der Waals surface area (Å²) in [4.78, 5) is 67.3. The Morgan fingerprint density at radius 2 is 1.79 bits per heavy atom. The van der Waals surface area contributed by atoms with Crippen molar-refractivity contribution in [3.8, 4) is 0 Å². The number of ether oxygens (including phenoxy) is 6. The van der Waals surface area contributed by atoms with Gasteiger partial charge in [-0.25, -0.2) is 4.79 Å². The number of nitrogens with one attached hydrogen (secondary N) is 1. The number of hydrogen-bond donors (Lipinski definition) is 2. The minimum absolute atomic E-state index is 0.00264. The van der Waals surface area contributed by atoms with Crippen LogP contribution in [0.3, 0.4) is 0 Å². The third-order valence-corrected chi connectivity index (χ3v) is 13.0. The van der Waals surface area contributed by atoms with Crippen molar-refractivity contribution >= 4 is 23.6 Å². The maximum atomic E-state index is 14.8. The molecule has 6 rings (SSSR count). The van der Waals surface area contributed by atoms with E-state index in [0.717, 1.165) is 0 Å². The average molecular weight is 803 g/mol. The molecule has 1 aromatic heterocycles. The monoisotopic (exact) mass is 802 g/mol. The van der Waals surface area contributed by atoms with Crippen molar-refractivity contribution in [3.05, 3.63) is 34.2 Å². The number of pyridine rings is 1. The predicted octanol–water partition coefficient (Wildman–Crippen LogP) is 3.28. The lowest BCUT2D eigenvalue weighted by Gasteiger charge is -2.48. The van der Waals surface area contributed by atoms with Crippen LogP contribution in [0, 0.1) is 29.6 Å². The molecule has 2 N–H and O–H groups in total. The van der Waals surface area contributed by atoms with E-state index in [0.29, 0.717) is 24.2 Å². The largest absolute Gasteiger partial charge is 0.458 e. The normalized spacial score (nSPS) is 42.5. The molecule has 0 saturated carbocycles. The summed E-state index contributed by atoms with van der Waals surface area (Å²) in [6.07, 6.45) is -4.52. The van der Waals surface area contributed by atoms with Crippen molar-refractivity contribution in [3.63, 3.8) is 0 Å². The number of aliphatic hydroxyl groups excluding tert-OH is 1. The molecule has 0 aromatic carbocycles. The highest BCUT2D eigenvalue weighted by Gasteiger charge is 2.61. The molecular formula is C41H62N4O12. The number of carbonyl (C=O) groups is 3. The first-order chi connectivity index (χ1) is 26.9. The van der Waals surface area contributed by atoms with E-state index in [1.54, 1.807) is 32.9 Å². The Kier molecular flexibility index (Phi) is 12.9. The van der Waals surface area contributed by atoms with E-state index in [-0.39, 0.29) is 56.3 Å². The Morgan fingerprint density at radius 1 is 1.05 bits per heavy atom. The number of likely N-dealkylation sites (N-methyl/N-ethyl adjacent to an activating group) is 1. The number of aromatic nitrogens is 1. The van der Waals surface area contributed by atoms with Gasteiger partial charge in [-0.05, 0) is 67.1 Å². The summed E-state index contributed by atoms with van der Waals surface area (Å²) >= 11 is 0. The van der Waals surface area contributed by atoms with Gasteiger partial charge in [-0.15, -0.1) is 0 Å². The van der Waals surface area contributed by atoms with Crippen LogP contribution in [0.1, 0.15) is 80.3 Å². The molecule has 0 spiro atoms. The zero-order valence-electron chi connectivity index (χ0n) is 35.0. The molecule has 0 radical (unpaired) electrons. The van der Waals surface area contributed by atoms with Crippen LogP contribution in [0.4, 0.5) is 4.79 Å². The average Bonchev–Trinajstić information content (AvgIpc) is 3.43. The number of H-pyrrole nitrogens is 1. The van der Waals surface area contributed by atoms with Crippen LogP contribution < -0.4 is 5.56 Å². The van der Waals surface area contributed by atoms with Crippen LogP contribution in [0.5, 0.6) is 0 Å². The van der Waals surface area contributed by atoms with E-state index in [1.165, 1.54) is 11.0 Å². The number of rotatable bonds is 7. The number of esters is 1. The number of carbonyl (C=O) groups excluding carboxylic acids is 3. The Bertz CT molecular complexity index is 1720. The third kappa shape index (κ3) is 8.53. The second kappa shape index (κ2) is 17.1. The summed E-state index contributed by atoms with van der Waals surface area (Å²) in [6.45, 7) is 14.5. The molecule has 6 bridgehead atoms. The first-order valence-corrected chi connectivity index (χ1v) is 20.4. The highest BCUT2D eigenvalue weighted by molar-refractivity contribution is 5.92. The van der Waals surface area contributed by atoms with Crippen molar-refractivity contribution in [1.29, 1.82) is 0 Å². The van der Waals surface area contributed by atoms with Gasteiger partial charge in [-0.2, -0.15) is 0 Å². The summed E-state index contributed by atoms with van der Waals surface area (Å²) in [5.41, 5.74) is -2.05. The van der Waals surface area contributed by atoms with Gasteiger partial charge in [0.05, 0.1) is 67.0 Å². The number of oxime groups is 1. The predicted molar refractivity (Wildman–Crippen MR) is 206 cm³/mol. The number of cyclic esters (lactones) is 1. The number of amides is 1. The van der Waals surface area contributed by atoms with E-state index in [4.69, 9.17) is 33.3 Å². The summed E-state index contributed by atoms with van der Waals surface area (Å²) in [6, 6.07) is 3.59. The van der Waals surface area contributed by atoms with Gasteiger partial charge in [0.15, 0.2) is 18.5 Å². The highest BCUT2D eigenvalue weighted by Crippen LogP contribution is 2.45. The van der Waals surface area contributed by atoms with Crippen molar-refractivity contribution in [1.82, 2.24) is 14.8 Å². The van der Waals surface area contributed by atoms with E-state index >= 15 is 0 Å². The molecule has 16 nitrogen and oxygen atoms in total. The minimum atomic E-state index is -1.41. The third-order valence-electron chi connectivity index (χ3n) is 13.0. The van der Waals surface area contributed by atoms with Gasteiger partial charge in [0.25, 0.3) is 0 Å². The fraction of sp³-hybridized carbons (Fsp3) is 0.780. The molecular weight excluding hydrogens is 740 g/mol. The fourth-order valence-corrected chi connectivity index (χ4v) is 9.95.